The number of ketones is 1. The van der Waals surface area contributed by atoms with Gasteiger partial charge in [-0.25, -0.2) is 0 Å². The monoisotopic (exact) mass is 243 g/mol. The van der Waals surface area contributed by atoms with Gasteiger partial charge in [0.15, 0.2) is 5.78 Å². The number of hydrogen-bond donors (Lipinski definition) is 1. The summed E-state index contributed by atoms with van der Waals surface area (Å²) in [4.78, 5) is 11.7. The second kappa shape index (κ2) is 4.52. The van der Waals surface area contributed by atoms with Crippen molar-refractivity contribution in [3.8, 4) is 0 Å². The molecule has 1 aliphatic carbocycles. The molecule has 0 aliphatic heterocycles. The third kappa shape index (κ3) is 2.94. The van der Waals surface area contributed by atoms with E-state index in [2.05, 4.69) is 5.32 Å². The minimum Gasteiger partial charge on any atom is -0.307 e. The van der Waals surface area contributed by atoms with Crippen LogP contribution in [0.2, 0.25) is 10.0 Å². The van der Waals surface area contributed by atoms with Gasteiger partial charge in [-0.2, -0.15) is 0 Å². The first-order valence-electron chi connectivity index (χ1n) is 4.88. The Morgan fingerprint density at radius 3 is 2.80 bits per heavy atom. The molecule has 0 amide bonds. The Kier molecular flexibility index (Phi) is 3.29. The minimum absolute atomic E-state index is 0.00519. The third-order valence-corrected chi connectivity index (χ3v) is 2.92. The molecule has 4 heteroatoms. The molecule has 1 aromatic rings. The zero-order valence-corrected chi connectivity index (χ0v) is 9.61. The maximum Gasteiger partial charge on any atom is 0.178 e. The van der Waals surface area contributed by atoms with E-state index in [4.69, 9.17) is 23.2 Å². The van der Waals surface area contributed by atoms with Gasteiger partial charge in [0.25, 0.3) is 0 Å². The molecule has 1 N–H and O–H groups in total. The number of nitrogens with one attached hydrogen (secondary N) is 1. The second-order valence-electron chi connectivity index (χ2n) is 3.70. The van der Waals surface area contributed by atoms with E-state index in [1.165, 1.54) is 0 Å². The Morgan fingerprint density at radius 1 is 1.40 bits per heavy atom. The van der Waals surface area contributed by atoms with E-state index in [1.54, 1.807) is 18.2 Å². The molecular weight excluding hydrogens is 233 g/mol. The van der Waals surface area contributed by atoms with Crippen molar-refractivity contribution in [1.29, 1.82) is 0 Å². The summed E-state index contributed by atoms with van der Waals surface area (Å²) in [6.45, 7) is 0.338. The fourth-order valence-corrected chi connectivity index (χ4v) is 1.73. The highest BCUT2D eigenvalue weighted by Crippen LogP contribution is 2.22. The van der Waals surface area contributed by atoms with Crippen LogP contribution in [0.1, 0.15) is 23.2 Å². The van der Waals surface area contributed by atoms with Crippen LogP contribution in [-0.2, 0) is 0 Å². The number of hydrogen-bond acceptors (Lipinski definition) is 2. The van der Waals surface area contributed by atoms with E-state index >= 15 is 0 Å². The van der Waals surface area contributed by atoms with E-state index in [0.717, 1.165) is 12.8 Å². The van der Waals surface area contributed by atoms with Crippen LogP contribution < -0.4 is 5.32 Å². The first-order chi connectivity index (χ1) is 7.16. The van der Waals surface area contributed by atoms with E-state index in [9.17, 15) is 4.79 Å². The molecule has 0 radical (unpaired) electrons. The van der Waals surface area contributed by atoms with Crippen LogP contribution in [0, 0.1) is 0 Å². The highest BCUT2D eigenvalue weighted by atomic mass is 35.5. The topological polar surface area (TPSA) is 29.1 Å². The number of carbonyl (C=O) groups excluding carboxylic acids is 1. The van der Waals surface area contributed by atoms with Crippen molar-refractivity contribution >= 4 is 29.0 Å². The molecule has 1 aliphatic rings. The lowest BCUT2D eigenvalue weighted by Crippen LogP contribution is -2.25. The summed E-state index contributed by atoms with van der Waals surface area (Å²) >= 11 is 11.7. The van der Waals surface area contributed by atoms with Crippen molar-refractivity contribution in [2.24, 2.45) is 0 Å². The van der Waals surface area contributed by atoms with Crippen molar-refractivity contribution in [3.05, 3.63) is 33.8 Å². The lowest BCUT2D eigenvalue weighted by molar-refractivity contribution is 0.0990. The Morgan fingerprint density at radius 2 is 2.13 bits per heavy atom. The molecule has 2 nitrogen and oxygen atoms in total. The lowest BCUT2D eigenvalue weighted by Gasteiger charge is -2.04. The normalized spacial score (nSPS) is 15.3. The fraction of sp³-hybridized carbons (Fsp3) is 0.364. The van der Waals surface area contributed by atoms with Gasteiger partial charge in [0.05, 0.1) is 11.6 Å². The number of Topliss-reactive ketones (excluding diaryl/α,β-unsaturated/α-hetero) is 1. The molecule has 0 atom stereocenters. The molecule has 1 aromatic carbocycles. The summed E-state index contributed by atoms with van der Waals surface area (Å²) in [5, 5.41) is 4.15. The van der Waals surface area contributed by atoms with E-state index in [-0.39, 0.29) is 5.78 Å². The van der Waals surface area contributed by atoms with Crippen LogP contribution in [0.5, 0.6) is 0 Å². The van der Waals surface area contributed by atoms with Crippen LogP contribution in [-0.4, -0.2) is 18.4 Å². The van der Waals surface area contributed by atoms with Crippen LogP contribution in [0.4, 0.5) is 0 Å². The van der Waals surface area contributed by atoms with E-state index in [1.807, 2.05) is 0 Å². The maximum absolute atomic E-state index is 11.7. The van der Waals surface area contributed by atoms with Crippen molar-refractivity contribution in [2.75, 3.05) is 6.54 Å². The number of rotatable bonds is 4. The standard InChI is InChI=1S/C11H11Cl2NO/c12-7-1-4-10(13)9(5-7)11(15)6-14-8-2-3-8/h1,4-5,8,14H,2-3,6H2. The zero-order chi connectivity index (χ0) is 10.8. The Hall–Kier alpha value is -0.570. The fourth-order valence-electron chi connectivity index (χ4n) is 1.33. The highest BCUT2D eigenvalue weighted by molar-refractivity contribution is 6.36. The minimum atomic E-state index is -0.00519. The summed E-state index contributed by atoms with van der Waals surface area (Å²) in [7, 11) is 0. The average Bonchev–Trinajstić information content (AvgIpc) is 3.02. The lowest BCUT2D eigenvalue weighted by atomic mass is 10.1. The van der Waals surface area contributed by atoms with Crippen molar-refractivity contribution in [1.82, 2.24) is 5.32 Å². The second-order valence-corrected chi connectivity index (χ2v) is 4.55. The SMILES string of the molecule is O=C(CNC1CC1)c1cc(Cl)ccc1Cl. The molecule has 0 spiro atoms. The van der Waals surface area contributed by atoms with Gasteiger partial charge in [0.2, 0.25) is 0 Å². The molecule has 0 unspecified atom stereocenters. The quantitative estimate of drug-likeness (QED) is 0.825. The smallest absolute Gasteiger partial charge is 0.178 e. The Labute approximate surface area is 98.6 Å². The van der Waals surface area contributed by atoms with Gasteiger partial charge in [-0.1, -0.05) is 23.2 Å². The largest absolute Gasteiger partial charge is 0.307 e. The molecule has 0 saturated heterocycles. The number of halogens is 2. The van der Waals surface area contributed by atoms with Crippen LogP contribution in [0.25, 0.3) is 0 Å². The van der Waals surface area contributed by atoms with Gasteiger partial charge in [0.1, 0.15) is 0 Å². The van der Waals surface area contributed by atoms with Gasteiger partial charge in [-0.05, 0) is 31.0 Å². The molecule has 0 aromatic heterocycles. The van der Waals surface area contributed by atoms with Crippen LogP contribution in [0.15, 0.2) is 18.2 Å². The summed E-state index contributed by atoms with van der Waals surface area (Å²) in [5.74, 6) is -0.00519. The van der Waals surface area contributed by atoms with Gasteiger partial charge >= 0.3 is 0 Å². The van der Waals surface area contributed by atoms with Crippen LogP contribution >= 0.6 is 23.2 Å². The van der Waals surface area contributed by atoms with Gasteiger partial charge in [-0.15, -0.1) is 0 Å². The first kappa shape index (κ1) is 10.9. The summed E-state index contributed by atoms with van der Waals surface area (Å²) in [6, 6.07) is 5.45. The predicted octanol–water partition coefficient (Wildman–Crippen LogP) is 2.93. The molecular formula is C11H11Cl2NO. The predicted molar refractivity (Wildman–Crippen MR) is 61.8 cm³/mol. The van der Waals surface area contributed by atoms with Crippen molar-refractivity contribution in [2.45, 2.75) is 18.9 Å². The molecule has 2 rings (SSSR count). The molecule has 80 valence electrons. The number of carbonyl (C=O) groups is 1. The average molecular weight is 244 g/mol. The van der Waals surface area contributed by atoms with E-state index in [0.29, 0.717) is 28.2 Å². The first-order valence-corrected chi connectivity index (χ1v) is 5.64. The maximum atomic E-state index is 11.7. The Bertz CT molecular complexity index is 388. The van der Waals surface area contributed by atoms with Gasteiger partial charge in [-0.3, -0.25) is 4.79 Å². The molecule has 15 heavy (non-hydrogen) atoms. The highest BCUT2D eigenvalue weighted by Gasteiger charge is 2.22. The molecule has 0 heterocycles. The summed E-state index contributed by atoms with van der Waals surface area (Å²) in [6.07, 6.45) is 2.33. The van der Waals surface area contributed by atoms with E-state index < -0.39 is 0 Å². The van der Waals surface area contributed by atoms with Crippen LogP contribution in [0.3, 0.4) is 0 Å². The third-order valence-electron chi connectivity index (χ3n) is 2.36. The van der Waals surface area contributed by atoms with Gasteiger partial charge in [0, 0.05) is 16.6 Å². The van der Waals surface area contributed by atoms with Crippen molar-refractivity contribution < 1.29 is 4.79 Å². The summed E-state index contributed by atoms with van der Waals surface area (Å²) < 4.78 is 0. The van der Waals surface area contributed by atoms with Gasteiger partial charge < -0.3 is 5.32 Å². The summed E-state index contributed by atoms with van der Waals surface area (Å²) in [5.41, 5.74) is 0.498. The Balaban J connectivity index is 2.05. The number of benzene rings is 1. The molecule has 0 bridgehead atoms. The molecule has 1 fully saturated rings. The molecule has 1 saturated carbocycles. The van der Waals surface area contributed by atoms with Crippen molar-refractivity contribution in [3.63, 3.8) is 0 Å². The zero-order valence-electron chi connectivity index (χ0n) is 8.09.